The summed E-state index contributed by atoms with van der Waals surface area (Å²) in [6, 6.07) is 0. The maximum atomic E-state index is 5.79. The van der Waals surface area contributed by atoms with Crippen molar-refractivity contribution in [2.45, 2.75) is 13.8 Å². The third-order valence-corrected chi connectivity index (χ3v) is 4.51. The molecule has 0 radical (unpaired) electrons. The van der Waals surface area contributed by atoms with Crippen LogP contribution in [-0.4, -0.2) is 20.2 Å². The lowest BCUT2D eigenvalue weighted by Gasteiger charge is -1.92. The van der Waals surface area contributed by atoms with Crippen LogP contribution in [0.4, 0.5) is 5.82 Å². The number of nitrogens with one attached hydrogen (secondary N) is 1. The van der Waals surface area contributed by atoms with Crippen LogP contribution in [0.25, 0.3) is 21.1 Å². The molecule has 3 aromatic heterocycles. The fraction of sp³-hybridized carbons (Fsp3) is 0.182. The van der Waals surface area contributed by atoms with Crippen molar-refractivity contribution in [1.82, 2.24) is 20.2 Å². The number of hydrogen-bond donors (Lipinski definition) is 2. The summed E-state index contributed by atoms with van der Waals surface area (Å²) in [4.78, 5) is 10.1. The van der Waals surface area contributed by atoms with E-state index in [0.717, 1.165) is 31.8 Å². The minimum atomic E-state index is 0.549. The van der Waals surface area contributed by atoms with E-state index in [9.17, 15) is 0 Å². The number of nitrogen functional groups attached to an aromatic ring is 1. The van der Waals surface area contributed by atoms with Crippen molar-refractivity contribution in [3.8, 4) is 21.1 Å². The highest BCUT2D eigenvalue weighted by Gasteiger charge is 2.14. The predicted molar refractivity (Wildman–Crippen MR) is 74.7 cm³/mol. The number of anilines is 1. The Hall–Kier alpha value is -1.73. The number of nitrogens with two attached hydrogens (primary N) is 1. The van der Waals surface area contributed by atoms with Crippen molar-refractivity contribution < 1.29 is 0 Å². The minimum Gasteiger partial charge on any atom is -0.383 e. The standard InChI is InChI=1S/C11H11N5S2/c1-5-9(18-6(2)14-5)8-4-17-11(15-8)7-3-13-16-10(7)12/h3-4H,1-2H3,(H3,12,13,16). The van der Waals surface area contributed by atoms with Crippen molar-refractivity contribution in [1.29, 1.82) is 0 Å². The van der Waals surface area contributed by atoms with Crippen LogP contribution < -0.4 is 5.73 Å². The second kappa shape index (κ2) is 4.18. The van der Waals surface area contributed by atoms with Gasteiger partial charge in [0.2, 0.25) is 0 Å². The zero-order valence-electron chi connectivity index (χ0n) is 9.89. The van der Waals surface area contributed by atoms with Crippen LogP contribution >= 0.6 is 22.7 Å². The molecule has 0 unspecified atom stereocenters. The highest BCUT2D eigenvalue weighted by Crippen LogP contribution is 2.34. The van der Waals surface area contributed by atoms with E-state index in [0.29, 0.717) is 5.82 Å². The summed E-state index contributed by atoms with van der Waals surface area (Å²) in [5.74, 6) is 0.549. The molecule has 3 N–H and O–H groups in total. The highest BCUT2D eigenvalue weighted by molar-refractivity contribution is 7.16. The van der Waals surface area contributed by atoms with Gasteiger partial charge in [0.1, 0.15) is 10.8 Å². The number of aromatic nitrogens is 4. The Labute approximate surface area is 112 Å². The molecule has 3 rings (SSSR count). The SMILES string of the molecule is Cc1nc(C)c(-c2csc(-c3cn[nH]c3N)n2)s1. The molecule has 0 atom stereocenters. The second-order valence-corrected chi connectivity index (χ2v) is 5.94. The van der Waals surface area contributed by atoms with E-state index in [1.807, 2.05) is 19.2 Å². The van der Waals surface area contributed by atoms with Crippen LogP contribution in [0, 0.1) is 13.8 Å². The largest absolute Gasteiger partial charge is 0.383 e. The Balaban J connectivity index is 2.05. The normalized spacial score (nSPS) is 11.0. The fourth-order valence-corrected chi connectivity index (χ4v) is 3.53. The van der Waals surface area contributed by atoms with Gasteiger partial charge in [-0.25, -0.2) is 9.97 Å². The van der Waals surface area contributed by atoms with Gasteiger partial charge in [-0.15, -0.1) is 22.7 Å². The van der Waals surface area contributed by atoms with Gasteiger partial charge < -0.3 is 5.73 Å². The van der Waals surface area contributed by atoms with Crippen LogP contribution in [0.5, 0.6) is 0 Å². The summed E-state index contributed by atoms with van der Waals surface area (Å²) in [6.07, 6.45) is 1.70. The smallest absolute Gasteiger partial charge is 0.129 e. The van der Waals surface area contributed by atoms with Gasteiger partial charge in [-0.3, -0.25) is 5.10 Å². The van der Waals surface area contributed by atoms with Crippen molar-refractivity contribution in [2.75, 3.05) is 5.73 Å². The monoisotopic (exact) mass is 277 g/mol. The molecule has 3 heterocycles. The summed E-state index contributed by atoms with van der Waals surface area (Å²) in [5, 5.41) is 10.6. The molecule has 0 fully saturated rings. The summed E-state index contributed by atoms with van der Waals surface area (Å²) in [5.41, 5.74) is 8.63. The van der Waals surface area contributed by atoms with E-state index < -0.39 is 0 Å². The van der Waals surface area contributed by atoms with Crippen LogP contribution in [0.2, 0.25) is 0 Å². The van der Waals surface area contributed by atoms with Gasteiger partial charge >= 0.3 is 0 Å². The Morgan fingerprint density at radius 2 is 2.11 bits per heavy atom. The van der Waals surface area contributed by atoms with Crippen LogP contribution in [0.3, 0.4) is 0 Å². The van der Waals surface area contributed by atoms with E-state index in [4.69, 9.17) is 5.73 Å². The molecule has 0 saturated heterocycles. The lowest BCUT2D eigenvalue weighted by molar-refractivity contribution is 1.10. The third-order valence-electron chi connectivity index (χ3n) is 2.54. The quantitative estimate of drug-likeness (QED) is 0.754. The second-order valence-electron chi connectivity index (χ2n) is 3.88. The van der Waals surface area contributed by atoms with Crippen molar-refractivity contribution >= 4 is 28.5 Å². The van der Waals surface area contributed by atoms with E-state index >= 15 is 0 Å². The van der Waals surface area contributed by atoms with Crippen molar-refractivity contribution in [3.63, 3.8) is 0 Å². The van der Waals surface area contributed by atoms with Gasteiger partial charge in [0.25, 0.3) is 0 Å². The van der Waals surface area contributed by atoms with Crippen LogP contribution in [0.1, 0.15) is 10.7 Å². The predicted octanol–water partition coefficient (Wildman–Crippen LogP) is 2.86. The molecular formula is C11H11N5S2. The lowest BCUT2D eigenvalue weighted by atomic mass is 10.3. The number of aromatic amines is 1. The molecule has 18 heavy (non-hydrogen) atoms. The molecular weight excluding hydrogens is 266 g/mol. The Morgan fingerprint density at radius 3 is 2.72 bits per heavy atom. The van der Waals surface area contributed by atoms with Gasteiger partial charge in [-0.05, 0) is 13.8 Å². The van der Waals surface area contributed by atoms with Crippen molar-refractivity contribution in [3.05, 3.63) is 22.3 Å². The number of aryl methyl sites for hydroxylation is 2. The van der Waals surface area contributed by atoms with Gasteiger partial charge in [-0.1, -0.05) is 0 Å². The van der Waals surface area contributed by atoms with E-state index in [-0.39, 0.29) is 0 Å². The van der Waals surface area contributed by atoms with E-state index in [1.165, 1.54) is 0 Å². The zero-order chi connectivity index (χ0) is 12.7. The molecule has 0 bridgehead atoms. The summed E-state index contributed by atoms with van der Waals surface area (Å²) in [7, 11) is 0. The summed E-state index contributed by atoms with van der Waals surface area (Å²) in [6.45, 7) is 4.01. The average Bonchev–Trinajstić information content (AvgIpc) is 2.98. The Morgan fingerprint density at radius 1 is 1.28 bits per heavy atom. The number of thiazole rings is 2. The molecule has 92 valence electrons. The first-order chi connectivity index (χ1) is 8.65. The number of rotatable bonds is 2. The van der Waals surface area contributed by atoms with Gasteiger partial charge in [-0.2, -0.15) is 5.10 Å². The number of nitrogens with zero attached hydrogens (tertiary/aromatic N) is 3. The summed E-state index contributed by atoms with van der Waals surface area (Å²) >= 11 is 3.22. The van der Waals surface area contributed by atoms with Gasteiger partial charge in [0.15, 0.2) is 0 Å². The number of hydrogen-bond acceptors (Lipinski definition) is 6. The van der Waals surface area contributed by atoms with E-state index in [2.05, 4.69) is 20.2 Å². The van der Waals surface area contributed by atoms with Crippen LogP contribution in [0.15, 0.2) is 11.6 Å². The number of H-pyrrole nitrogens is 1. The first-order valence-electron chi connectivity index (χ1n) is 5.34. The van der Waals surface area contributed by atoms with E-state index in [1.54, 1.807) is 28.9 Å². The lowest BCUT2D eigenvalue weighted by Crippen LogP contribution is -1.87. The molecule has 0 saturated carbocycles. The maximum Gasteiger partial charge on any atom is 0.129 e. The first kappa shape index (κ1) is 11.4. The highest BCUT2D eigenvalue weighted by atomic mass is 32.1. The van der Waals surface area contributed by atoms with Gasteiger partial charge in [0.05, 0.1) is 33.0 Å². The molecule has 0 aromatic carbocycles. The minimum absolute atomic E-state index is 0.549. The molecule has 0 aliphatic heterocycles. The Kier molecular flexibility index (Phi) is 2.64. The molecule has 0 spiro atoms. The topological polar surface area (TPSA) is 80.5 Å². The molecule has 5 nitrogen and oxygen atoms in total. The van der Waals surface area contributed by atoms with Crippen molar-refractivity contribution in [2.24, 2.45) is 0 Å². The zero-order valence-corrected chi connectivity index (χ0v) is 11.5. The third kappa shape index (κ3) is 1.81. The maximum absolute atomic E-state index is 5.79. The summed E-state index contributed by atoms with van der Waals surface area (Å²) < 4.78 is 0. The molecule has 7 heteroatoms. The average molecular weight is 277 g/mol. The molecule has 0 aliphatic rings. The van der Waals surface area contributed by atoms with Crippen LogP contribution in [-0.2, 0) is 0 Å². The molecule has 0 aliphatic carbocycles. The fourth-order valence-electron chi connectivity index (χ4n) is 1.74. The molecule has 0 amide bonds. The van der Waals surface area contributed by atoms with Gasteiger partial charge in [0, 0.05) is 5.38 Å². The Bertz CT molecular complexity index is 694. The molecule has 3 aromatic rings. The first-order valence-corrected chi connectivity index (χ1v) is 7.04.